The molecule has 3 fully saturated rings. The molecule has 0 aromatic heterocycles. The quantitative estimate of drug-likeness (QED) is 0.636. The molecule has 0 spiro atoms. The molecule has 5 aliphatic rings. The van der Waals surface area contributed by atoms with Gasteiger partial charge in [0.05, 0.1) is 24.6 Å². The first kappa shape index (κ1) is 16.8. The monoisotopic (exact) mass is 386 g/mol. The molecule has 1 N–H and O–H groups in total. The van der Waals surface area contributed by atoms with Gasteiger partial charge in [-0.15, -0.1) is 0 Å². The van der Waals surface area contributed by atoms with Crippen molar-refractivity contribution in [2.24, 2.45) is 35.5 Å². The van der Waals surface area contributed by atoms with Crippen molar-refractivity contribution >= 4 is 35.0 Å². The number of imide groups is 1. The third kappa shape index (κ3) is 2.42. The van der Waals surface area contributed by atoms with Crippen LogP contribution in [-0.2, 0) is 14.4 Å². The smallest absolute Gasteiger partial charge is 0.244 e. The zero-order chi connectivity index (χ0) is 18.9. The molecule has 6 nitrogen and oxygen atoms in total. The summed E-state index contributed by atoms with van der Waals surface area (Å²) in [5.41, 5.74) is 0.412. The molecule has 6 unspecified atom stereocenters. The molecule has 6 rings (SSSR count). The van der Waals surface area contributed by atoms with Crippen LogP contribution < -0.4 is 10.1 Å². The number of methoxy groups -OCH3 is 1. The van der Waals surface area contributed by atoms with Crippen LogP contribution in [0.15, 0.2) is 30.4 Å². The van der Waals surface area contributed by atoms with Crippen LogP contribution in [0, 0.1) is 35.5 Å². The average molecular weight is 387 g/mol. The van der Waals surface area contributed by atoms with Gasteiger partial charge < -0.3 is 10.1 Å². The van der Waals surface area contributed by atoms with Crippen molar-refractivity contribution in [2.75, 3.05) is 19.0 Å². The molecule has 1 aliphatic heterocycles. The summed E-state index contributed by atoms with van der Waals surface area (Å²) in [4.78, 5) is 39.5. The standard InChI is InChI=1S/C20H19ClN2O4/c1-27-15-5-2-9(21)6-14(15)22-16(24)8-23-19(25)17-10-3-4-11(13-7-12(10)13)18(17)20(23)26/h2-6,10-13,17-18H,7-8H2,1H3,(H,22,24). The Labute approximate surface area is 161 Å². The van der Waals surface area contributed by atoms with E-state index in [4.69, 9.17) is 16.3 Å². The van der Waals surface area contributed by atoms with Crippen molar-refractivity contribution < 1.29 is 19.1 Å². The third-order valence-corrected chi connectivity index (χ3v) is 6.73. The summed E-state index contributed by atoms with van der Waals surface area (Å²) >= 11 is 5.98. The predicted molar refractivity (Wildman–Crippen MR) is 98.1 cm³/mol. The van der Waals surface area contributed by atoms with Gasteiger partial charge in [-0.25, -0.2) is 0 Å². The van der Waals surface area contributed by atoms with Crippen LogP contribution in [-0.4, -0.2) is 36.3 Å². The fourth-order valence-electron chi connectivity index (χ4n) is 5.29. The second-order valence-corrected chi connectivity index (χ2v) is 8.25. The molecule has 2 saturated carbocycles. The number of benzene rings is 1. The number of nitrogens with zero attached hydrogens (tertiary/aromatic N) is 1. The number of halogens is 1. The van der Waals surface area contributed by atoms with Gasteiger partial charge in [0.1, 0.15) is 12.3 Å². The normalized spacial score (nSPS) is 35.1. The molecule has 2 bridgehead atoms. The number of ether oxygens (including phenoxy) is 1. The Balaban J connectivity index is 1.33. The van der Waals surface area contributed by atoms with E-state index < -0.39 is 5.91 Å². The Morgan fingerprint density at radius 1 is 1.19 bits per heavy atom. The van der Waals surface area contributed by atoms with Crippen molar-refractivity contribution in [3.63, 3.8) is 0 Å². The van der Waals surface area contributed by atoms with E-state index in [1.54, 1.807) is 18.2 Å². The Morgan fingerprint density at radius 3 is 2.41 bits per heavy atom. The zero-order valence-electron chi connectivity index (χ0n) is 14.7. The maximum absolute atomic E-state index is 12.9. The second-order valence-electron chi connectivity index (χ2n) is 7.81. The van der Waals surface area contributed by atoms with Gasteiger partial charge in [-0.1, -0.05) is 23.8 Å². The molecule has 0 radical (unpaired) electrons. The summed E-state index contributed by atoms with van der Waals surface area (Å²) < 4.78 is 5.21. The zero-order valence-corrected chi connectivity index (χ0v) is 15.5. The van der Waals surface area contributed by atoms with Crippen molar-refractivity contribution in [3.05, 3.63) is 35.4 Å². The number of carbonyl (C=O) groups is 3. The lowest BCUT2D eigenvalue weighted by Gasteiger charge is -2.37. The summed E-state index contributed by atoms with van der Waals surface area (Å²) in [5, 5.41) is 3.15. The molecular weight excluding hydrogens is 368 g/mol. The first-order valence-electron chi connectivity index (χ1n) is 9.16. The van der Waals surface area contributed by atoms with Gasteiger partial charge in [0, 0.05) is 5.02 Å². The van der Waals surface area contributed by atoms with Crippen molar-refractivity contribution in [3.8, 4) is 5.75 Å². The molecule has 27 heavy (non-hydrogen) atoms. The Morgan fingerprint density at radius 2 is 1.81 bits per heavy atom. The summed E-state index contributed by atoms with van der Waals surface area (Å²) in [6, 6.07) is 4.88. The Kier molecular flexibility index (Phi) is 3.63. The number of allylic oxidation sites excluding steroid dienone is 2. The predicted octanol–water partition coefficient (Wildman–Crippen LogP) is 2.34. The van der Waals surface area contributed by atoms with Gasteiger partial charge >= 0.3 is 0 Å². The van der Waals surface area contributed by atoms with Crippen LogP contribution in [0.25, 0.3) is 0 Å². The minimum atomic E-state index is -0.443. The van der Waals surface area contributed by atoms with Gasteiger partial charge in [0.15, 0.2) is 0 Å². The number of anilines is 1. The maximum atomic E-state index is 12.9. The van der Waals surface area contributed by atoms with Crippen molar-refractivity contribution in [1.82, 2.24) is 4.90 Å². The molecule has 1 saturated heterocycles. The number of carbonyl (C=O) groups excluding carboxylic acids is 3. The van der Waals surface area contributed by atoms with E-state index in [9.17, 15) is 14.4 Å². The number of rotatable bonds is 4. The first-order valence-corrected chi connectivity index (χ1v) is 9.54. The second kappa shape index (κ2) is 5.83. The molecule has 1 heterocycles. The fourth-order valence-corrected chi connectivity index (χ4v) is 5.46. The fraction of sp³-hybridized carbons (Fsp3) is 0.450. The minimum absolute atomic E-state index is 0.155. The molecule has 3 amide bonds. The average Bonchev–Trinajstić information content (AvgIpc) is 3.43. The lowest BCUT2D eigenvalue weighted by atomic mass is 9.63. The van der Waals surface area contributed by atoms with Gasteiger partial charge in [-0.2, -0.15) is 0 Å². The van der Waals surface area contributed by atoms with Crippen LogP contribution in [0.2, 0.25) is 5.02 Å². The third-order valence-electron chi connectivity index (χ3n) is 6.49. The molecule has 7 heteroatoms. The van der Waals surface area contributed by atoms with E-state index in [0.29, 0.717) is 28.3 Å². The molecule has 1 aromatic rings. The van der Waals surface area contributed by atoms with Crippen molar-refractivity contribution in [2.45, 2.75) is 6.42 Å². The lowest BCUT2D eigenvalue weighted by molar-refractivity contribution is -0.142. The molecule has 6 atom stereocenters. The van der Waals surface area contributed by atoms with E-state index in [2.05, 4.69) is 17.5 Å². The summed E-state index contributed by atoms with van der Waals surface area (Å²) in [5.74, 6) is 0.430. The molecule has 4 aliphatic carbocycles. The van der Waals surface area contributed by atoms with Crippen LogP contribution in [0.3, 0.4) is 0 Å². The highest BCUT2D eigenvalue weighted by atomic mass is 35.5. The van der Waals surface area contributed by atoms with Gasteiger partial charge in [0.2, 0.25) is 17.7 Å². The summed E-state index contributed by atoms with van der Waals surface area (Å²) in [6.07, 6.45) is 5.35. The number of nitrogens with one attached hydrogen (secondary N) is 1. The van der Waals surface area contributed by atoms with E-state index in [1.165, 1.54) is 7.11 Å². The highest BCUT2D eigenvalue weighted by Gasteiger charge is 2.67. The number of hydrogen-bond donors (Lipinski definition) is 1. The molecular formula is C20H19ClN2O4. The minimum Gasteiger partial charge on any atom is -0.495 e. The van der Waals surface area contributed by atoms with E-state index in [1.807, 2.05) is 0 Å². The Hall–Kier alpha value is -2.34. The van der Waals surface area contributed by atoms with Crippen LogP contribution >= 0.6 is 11.6 Å². The highest BCUT2D eigenvalue weighted by Crippen LogP contribution is 2.65. The summed E-state index contributed by atoms with van der Waals surface area (Å²) in [7, 11) is 1.49. The van der Waals surface area contributed by atoms with Gasteiger partial charge in [-0.3, -0.25) is 19.3 Å². The van der Waals surface area contributed by atoms with Crippen LogP contribution in [0.1, 0.15) is 6.42 Å². The topological polar surface area (TPSA) is 75.7 Å². The van der Waals surface area contributed by atoms with Crippen LogP contribution in [0.5, 0.6) is 5.75 Å². The van der Waals surface area contributed by atoms with Gasteiger partial charge in [-0.05, 0) is 48.3 Å². The van der Waals surface area contributed by atoms with E-state index >= 15 is 0 Å². The number of likely N-dealkylation sites (tertiary alicyclic amines) is 1. The van der Waals surface area contributed by atoms with Gasteiger partial charge in [0.25, 0.3) is 0 Å². The highest BCUT2D eigenvalue weighted by molar-refractivity contribution is 6.31. The first-order chi connectivity index (χ1) is 13.0. The molecule has 140 valence electrons. The largest absolute Gasteiger partial charge is 0.495 e. The molecule has 1 aromatic carbocycles. The van der Waals surface area contributed by atoms with E-state index in [-0.39, 0.29) is 42.0 Å². The van der Waals surface area contributed by atoms with Crippen LogP contribution in [0.4, 0.5) is 5.69 Å². The maximum Gasteiger partial charge on any atom is 0.244 e. The number of hydrogen-bond acceptors (Lipinski definition) is 4. The lowest BCUT2D eigenvalue weighted by Crippen LogP contribution is -2.40. The van der Waals surface area contributed by atoms with Crippen molar-refractivity contribution in [1.29, 1.82) is 0 Å². The van der Waals surface area contributed by atoms with E-state index in [0.717, 1.165) is 11.3 Å². The number of amides is 3. The Bertz CT molecular complexity index is 862. The SMILES string of the molecule is COc1ccc(Cl)cc1NC(=O)CN1C(=O)C2C3C=CC(C4CC34)C2C1=O. The summed E-state index contributed by atoms with van der Waals surface area (Å²) in [6.45, 7) is -0.283.